The minimum atomic E-state index is -2.71. The Labute approximate surface area is 93.1 Å². The van der Waals surface area contributed by atoms with Gasteiger partial charge in [0, 0.05) is 10.8 Å². The van der Waals surface area contributed by atoms with E-state index in [9.17, 15) is 8.78 Å². The molecule has 6 heteroatoms. The van der Waals surface area contributed by atoms with E-state index in [4.69, 9.17) is 9.47 Å². The summed E-state index contributed by atoms with van der Waals surface area (Å²) in [6, 6.07) is 0. The van der Waals surface area contributed by atoms with Crippen molar-refractivity contribution >= 4 is 31.8 Å². The first-order valence-corrected chi connectivity index (χ1v) is 6.05. The van der Waals surface area contributed by atoms with Gasteiger partial charge in [0.25, 0.3) is 5.66 Å². The second kappa shape index (κ2) is 8.26. The van der Waals surface area contributed by atoms with Gasteiger partial charge >= 0.3 is 0 Å². The van der Waals surface area contributed by atoms with E-state index in [0.717, 1.165) is 4.43 Å². The van der Waals surface area contributed by atoms with Crippen molar-refractivity contribution in [3.05, 3.63) is 0 Å². The largest absolute Gasteiger partial charge is 0.379 e. The van der Waals surface area contributed by atoms with Crippen LogP contribution < -0.4 is 0 Å². The van der Waals surface area contributed by atoms with Crippen LogP contribution in [0.25, 0.3) is 0 Å². The Morgan fingerprint density at radius 2 is 1.62 bits per heavy atom. The molecular formula is C7H14F2IO2P. The molecule has 0 aliphatic carbocycles. The third-order valence-corrected chi connectivity index (χ3v) is 1.90. The van der Waals surface area contributed by atoms with Crippen molar-refractivity contribution in [3.8, 4) is 0 Å². The van der Waals surface area contributed by atoms with Crippen LogP contribution in [0, 0.1) is 0 Å². The zero-order valence-electron chi connectivity index (χ0n) is 7.27. The van der Waals surface area contributed by atoms with E-state index in [2.05, 4.69) is 22.6 Å². The van der Waals surface area contributed by atoms with Crippen molar-refractivity contribution in [1.29, 1.82) is 0 Å². The maximum Gasteiger partial charge on any atom is 0.261 e. The fourth-order valence-electron chi connectivity index (χ4n) is 0.585. The van der Waals surface area contributed by atoms with E-state index >= 15 is 0 Å². The summed E-state index contributed by atoms with van der Waals surface area (Å²) in [5, 5.41) is 0. The molecule has 0 saturated heterocycles. The van der Waals surface area contributed by atoms with Crippen molar-refractivity contribution in [3.63, 3.8) is 0 Å². The van der Waals surface area contributed by atoms with Gasteiger partial charge < -0.3 is 9.47 Å². The van der Waals surface area contributed by atoms with Gasteiger partial charge in [-0.1, -0.05) is 31.8 Å². The maximum atomic E-state index is 12.2. The van der Waals surface area contributed by atoms with Crippen LogP contribution >= 0.6 is 31.8 Å². The van der Waals surface area contributed by atoms with Crippen LogP contribution in [0.4, 0.5) is 8.78 Å². The molecule has 80 valence electrons. The van der Waals surface area contributed by atoms with E-state index in [0.29, 0.717) is 19.8 Å². The van der Waals surface area contributed by atoms with E-state index in [1.807, 2.05) is 0 Å². The summed E-state index contributed by atoms with van der Waals surface area (Å²) in [6.45, 7) is 1.62. The molecule has 0 heterocycles. The summed E-state index contributed by atoms with van der Waals surface area (Å²) in [4.78, 5) is 0. The minimum absolute atomic E-state index is 0.0735. The van der Waals surface area contributed by atoms with Crippen molar-refractivity contribution in [2.45, 2.75) is 12.1 Å². The molecule has 0 radical (unpaired) electrons. The number of ether oxygens (including phenoxy) is 2. The highest BCUT2D eigenvalue weighted by Gasteiger charge is 2.20. The first kappa shape index (κ1) is 13.9. The van der Waals surface area contributed by atoms with Gasteiger partial charge in [-0.05, 0) is 0 Å². The molecule has 0 spiro atoms. The molecule has 0 saturated carbocycles. The molecule has 0 aliphatic rings. The third-order valence-electron chi connectivity index (χ3n) is 1.17. The zero-order valence-corrected chi connectivity index (χ0v) is 10.6. The Balaban J connectivity index is 3.00. The van der Waals surface area contributed by atoms with Gasteiger partial charge in [0.1, 0.15) is 0 Å². The predicted octanol–water partition coefficient (Wildman–Crippen LogP) is 2.31. The van der Waals surface area contributed by atoms with Gasteiger partial charge in [0.15, 0.2) is 0 Å². The van der Waals surface area contributed by atoms with E-state index < -0.39 is 5.66 Å². The highest BCUT2D eigenvalue weighted by molar-refractivity contribution is 14.1. The summed E-state index contributed by atoms with van der Waals surface area (Å²) < 4.78 is 35.4. The van der Waals surface area contributed by atoms with Gasteiger partial charge in [0.2, 0.25) is 0 Å². The highest BCUT2D eigenvalue weighted by atomic mass is 127. The van der Waals surface area contributed by atoms with Gasteiger partial charge in [-0.2, -0.15) is 0 Å². The summed E-state index contributed by atoms with van der Waals surface area (Å²) in [5.74, 6) is 0. The Morgan fingerprint density at radius 1 is 1.08 bits per heavy atom. The van der Waals surface area contributed by atoms with Crippen LogP contribution in [0.3, 0.4) is 0 Å². The average molecular weight is 326 g/mol. The topological polar surface area (TPSA) is 18.5 Å². The number of hydrogen-bond acceptors (Lipinski definition) is 2. The lowest BCUT2D eigenvalue weighted by atomic mass is 10.5. The van der Waals surface area contributed by atoms with Gasteiger partial charge in [-0.15, -0.1) is 0 Å². The standard InChI is InChI=1S/C7H14F2IO2P/c8-7(9,13)1-3-11-5-6-12-4-2-10/h1-6,13H2. The summed E-state index contributed by atoms with van der Waals surface area (Å²) in [5.41, 5.74) is -2.71. The molecule has 1 unspecified atom stereocenters. The molecule has 0 aliphatic heterocycles. The van der Waals surface area contributed by atoms with E-state index in [-0.39, 0.29) is 13.0 Å². The van der Waals surface area contributed by atoms with Crippen molar-refractivity contribution in [2.24, 2.45) is 0 Å². The Hall–Kier alpha value is 0.940. The monoisotopic (exact) mass is 326 g/mol. The van der Waals surface area contributed by atoms with Crippen LogP contribution in [0.2, 0.25) is 0 Å². The molecule has 1 atom stereocenters. The van der Waals surface area contributed by atoms with Gasteiger partial charge in [-0.3, -0.25) is 0 Å². The highest BCUT2D eigenvalue weighted by Crippen LogP contribution is 2.25. The fourth-order valence-corrected chi connectivity index (χ4v) is 1.01. The molecule has 0 aromatic heterocycles. The number of halogens is 3. The Morgan fingerprint density at radius 3 is 2.08 bits per heavy atom. The van der Waals surface area contributed by atoms with Crippen molar-refractivity contribution in [1.82, 2.24) is 0 Å². The van der Waals surface area contributed by atoms with Crippen molar-refractivity contribution in [2.75, 3.05) is 30.9 Å². The fraction of sp³-hybridized carbons (Fsp3) is 1.00. The van der Waals surface area contributed by atoms with Gasteiger partial charge in [-0.25, -0.2) is 8.78 Å². The molecule has 13 heavy (non-hydrogen) atoms. The van der Waals surface area contributed by atoms with E-state index in [1.54, 1.807) is 0 Å². The Bertz CT molecular complexity index is 122. The molecule has 0 rings (SSSR count). The molecule has 0 amide bonds. The third kappa shape index (κ3) is 12.9. The Kier molecular flexibility index (Phi) is 8.86. The maximum absolute atomic E-state index is 12.2. The van der Waals surface area contributed by atoms with E-state index in [1.165, 1.54) is 9.24 Å². The molecule has 2 nitrogen and oxygen atoms in total. The smallest absolute Gasteiger partial charge is 0.261 e. The normalized spacial score (nSPS) is 12.0. The van der Waals surface area contributed by atoms with Crippen LogP contribution in [0.5, 0.6) is 0 Å². The first-order valence-electron chi connectivity index (χ1n) is 3.94. The lowest BCUT2D eigenvalue weighted by Crippen LogP contribution is -2.12. The van der Waals surface area contributed by atoms with Crippen LogP contribution in [0.1, 0.15) is 6.42 Å². The molecular weight excluding hydrogens is 312 g/mol. The summed E-state index contributed by atoms with van der Waals surface area (Å²) in [6.07, 6.45) is -0.260. The number of hydrogen-bond donors (Lipinski definition) is 0. The molecule has 0 aromatic carbocycles. The first-order chi connectivity index (χ1) is 6.06. The minimum Gasteiger partial charge on any atom is -0.379 e. The van der Waals surface area contributed by atoms with Gasteiger partial charge in [0.05, 0.1) is 26.4 Å². The summed E-state index contributed by atoms with van der Waals surface area (Å²) in [7, 11) is 1.49. The lowest BCUT2D eigenvalue weighted by molar-refractivity contribution is 0.0176. The number of alkyl halides is 3. The zero-order chi connectivity index (χ0) is 10.2. The second-order valence-electron chi connectivity index (χ2n) is 2.42. The lowest BCUT2D eigenvalue weighted by Gasteiger charge is -2.09. The van der Waals surface area contributed by atoms with Crippen LogP contribution in [0.15, 0.2) is 0 Å². The average Bonchev–Trinajstić information content (AvgIpc) is 2.01. The quantitative estimate of drug-likeness (QED) is 0.295. The molecule has 0 N–H and O–H groups in total. The second-order valence-corrected chi connectivity index (χ2v) is 4.35. The molecule has 0 aromatic rings. The molecule has 0 bridgehead atoms. The number of rotatable bonds is 8. The van der Waals surface area contributed by atoms with Crippen LogP contribution in [-0.2, 0) is 9.47 Å². The molecule has 0 fully saturated rings. The van der Waals surface area contributed by atoms with Crippen LogP contribution in [-0.4, -0.2) is 36.5 Å². The SMILES string of the molecule is FC(F)(P)CCOCCOCCI. The summed E-state index contributed by atoms with van der Waals surface area (Å²) >= 11 is 2.20. The van der Waals surface area contributed by atoms with Crippen molar-refractivity contribution < 1.29 is 18.3 Å². The predicted molar refractivity (Wildman–Crippen MR) is 59.8 cm³/mol.